The summed E-state index contributed by atoms with van der Waals surface area (Å²) in [6, 6.07) is 0. The van der Waals surface area contributed by atoms with E-state index in [4.69, 9.17) is 5.11 Å². The predicted octanol–water partition coefficient (Wildman–Crippen LogP) is 1.41. The molecule has 0 amide bonds. The van der Waals surface area contributed by atoms with Crippen molar-refractivity contribution in [3.05, 3.63) is 24.3 Å². The molecule has 0 atom stereocenters. The van der Waals surface area contributed by atoms with Crippen LogP contribution in [0.2, 0.25) is 0 Å². The van der Waals surface area contributed by atoms with E-state index in [1.54, 1.807) is 19.9 Å². The quantitative estimate of drug-likeness (QED) is 0.485. The van der Waals surface area contributed by atoms with Gasteiger partial charge in [-0.05, 0) is 19.9 Å². The Hall–Kier alpha value is -1.38. The molecule has 0 aliphatic heterocycles. The van der Waals surface area contributed by atoms with Crippen molar-refractivity contribution in [2.24, 2.45) is 0 Å². The first-order chi connectivity index (χ1) is 5.18. The van der Waals surface area contributed by atoms with Crippen LogP contribution >= 0.6 is 0 Å². The van der Waals surface area contributed by atoms with E-state index < -0.39 is 5.97 Å². The fourth-order valence-corrected chi connectivity index (χ4v) is 0.221. The minimum atomic E-state index is -0.891. The number of hydrogen-bond donors (Lipinski definition) is 1. The molecule has 0 aromatic rings. The summed E-state index contributed by atoms with van der Waals surface area (Å²) >= 11 is 0. The van der Waals surface area contributed by atoms with E-state index in [1.807, 2.05) is 0 Å². The lowest BCUT2D eigenvalue weighted by Crippen LogP contribution is -1.83. The van der Waals surface area contributed by atoms with Crippen molar-refractivity contribution in [2.45, 2.75) is 13.8 Å². The highest BCUT2D eigenvalue weighted by molar-refractivity contribution is 5.79. The van der Waals surface area contributed by atoms with E-state index in [1.165, 1.54) is 12.2 Å². The summed E-state index contributed by atoms with van der Waals surface area (Å²) in [5.74, 6) is -0.891. The highest BCUT2D eigenvalue weighted by atomic mass is 16.4. The highest BCUT2D eigenvalue weighted by Gasteiger charge is 1.76. The van der Waals surface area contributed by atoms with Crippen molar-refractivity contribution in [3.8, 4) is 0 Å². The van der Waals surface area contributed by atoms with Crippen LogP contribution in [0.25, 0.3) is 0 Å². The summed E-state index contributed by atoms with van der Waals surface area (Å²) in [5, 5.41) is 7.83. The SMILES string of the molecule is C/C=C/C=O.CC=CC(=O)O. The van der Waals surface area contributed by atoms with E-state index in [0.717, 1.165) is 12.4 Å². The third-order valence-corrected chi connectivity index (χ3v) is 0.580. The lowest BCUT2D eigenvalue weighted by molar-refractivity contribution is -0.131. The molecular weight excluding hydrogens is 144 g/mol. The Morgan fingerprint density at radius 1 is 1.27 bits per heavy atom. The van der Waals surface area contributed by atoms with Crippen LogP contribution in [0.5, 0.6) is 0 Å². The van der Waals surface area contributed by atoms with E-state index in [2.05, 4.69) is 0 Å². The molecular formula is C8H12O3. The largest absolute Gasteiger partial charge is 0.478 e. The summed E-state index contributed by atoms with van der Waals surface area (Å²) < 4.78 is 0. The Morgan fingerprint density at radius 2 is 1.82 bits per heavy atom. The number of carbonyl (C=O) groups is 2. The second kappa shape index (κ2) is 11.4. The number of hydrogen-bond acceptors (Lipinski definition) is 2. The average molecular weight is 156 g/mol. The molecule has 1 N–H and O–H groups in total. The van der Waals surface area contributed by atoms with Gasteiger partial charge in [0.2, 0.25) is 0 Å². The van der Waals surface area contributed by atoms with Gasteiger partial charge in [0.05, 0.1) is 0 Å². The first kappa shape index (κ1) is 12.3. The van der Waals surface area contributed by atoms with Gasteiger partial charge in [0, 0.05) is 6.08 Å². The van der Waals surface area contributed by atoms with Crippen molar-refractivity contribution in [3.63, 3.8) is 0 Å². The second-order valence-electron chi connectivity index (χ2n) is 1.50. The molecule has 0 fully saturated rings. The molecule has 0 spiro atoms. The van der Waals surface area contributed by atoms with Crippen LogP contribution in [0.4, 0.5) is 0 Å². The zero-order valence-corrected chi connectivity index (χ0v) is 6.65. The van der Waals surface area contributed by atoms with Crippen LogP contribution in [0, 0.1) is 0 Å². The monoisotopic (exact) mass is 156 g/mol. The topological polar surface area (TPSA) is 54.4 Å². The van der Waals surface area contributed by atoms with E-state index >= 15 is 0 Å². The number of aliphatic carboxylic acids is 1. The lowest BCUT2D eigenvalue weighted by atomic mass is 10.5. The number of carboxylic acids is 1. The molecule has 0 bridgehead atoms. The molecule has 11 heavy (non-hydrogen) atoms. The predicted molar refractivity (Wildman–Crippen MR) is 43.3 cm³/mol. The third-order valence-electron chi connectivity index (χ3n) is 0.580. The molecule has 0 heterocycles. The number of carbonyl (C=O) groups excluding carboxylic acids is 1. The molecule has 0 radical (unpaired) electrons. The van der Waals surface area contributed by atoms with Crippen LogP contribution in [0.1, 0.15) is 13.8 Å². The maximum absolute atomic E-state index is 9.51. The van der Waals surface area contributed by atoms with Crippen molar-refractivity contribution in [2.75, 3.05) is 0 Å². The molecule has 0 unspecified atom stereocenters. The molecule has 62 valence electrons. The van der Waals surface area contributed by atoms with Gasteiger partial charge in [-0.15, -0.1) is 0 Å². The Morgan fingerprint density at radius 3 is 1.82 bits per heavy atom. The number of rotatable bonds is 2. The minimum Gasteiger partial charge on any atom is -0.478 e. The smallest absolute Gasteiger partial charge is 0.327 e. The number of allylic oxidation sites excluding steroid dienone is 3. The summed E-state index contributed by atoms with van der Waals surface area (Å²) in [6.45, 7) is 3.46. The third kappa shape index (κ3) is 28.8. The van der Waals surface area contributed by atoms with Crippen LogP contribution in [0.3, 0.4) is 0 Å². The van der Waals surface area contributed by atoms with Gasteiger partial charge in [-0.2, -0.15) is 0 Å². The maximum Gasteiger partial charge on any atom is 0.327 e. The zero-order valence-electron chi connectivity index (χ0n) is 6.65. The van der Waals surface area contributed by atoms with Crippen molar-refractivity contribution >= 4 is 12.3 Å². The number of aldehydes is 1. The molecule has 0 aromatic heterocycles. The van der Waals surface area contributed by atoms with Crippen LogP contribution in [-0.4, -0.2) is 17.4 Å². The molecule has 0 saturated heterocycles. The molecule has 3 nitrogen and oxygen atoms in total. The lowest BCUT2D eigenvalue weighted by Gasteiger charge is -1.68. The average Bonchev–Trinajstić information content (AvgIpc) is 1.90. The summed E-state index contributed by atoms with van der Waals surface area (Å²) in [4.78, 5) is 18.8. The first-order valence-electron chi connectivity index (χ1n) is 3.11. The maximum atomic E-state index is 9.51. The Labute approximate surface area is 66.0 Å². The van der Waals surface area contributed by atoms with E-state index in [9.17, 15) is 9.59 Å². The summed E-state index contributed by atoms with van der Waals surface area (Å²) in [7, 11) is 0. The highest BCUT2D eigenvalue weighted by Crippen LogP contribution is 1.65. The van der Waals surface area contributed by atoms with Gasteiger partial charge in [-0.25, -0.2) is 4.79 Å². The van der Waals surface area contributed by atoms with E-state index in [-0.39, 0.29) is 0 Å². The Kier molecular flexibility index (Phi) is 12.8. The molecule has 0 aliphatic rings. The molecule has 0 saturated carbocycles. The van der Waals surface area contributed by atoms with Gasteiger partial charge in [0.25, 0.3) is 0 Å². The molecule has 0 rings (SSSR count). The van der Waals surface area contributed by atoms with Gasteiger partial charge < -0.3 is 5.11 Å². The minimum absolute atomic E-state index is 0.750. The Balaban J connectivity index is 0. The van der Waals surface area contributed by atoms with Crippen LogP contribution in [-0.2, 0) is 9.59 Å². The second-order valence-corrected chi connectivity index (χ2v) is 1.50. The zero-order chi connectivity index (χ0) is 9.11. The van der Waals surface area contributed by atoms with Gasteiger partial charge in [0.1, 0.15) is 6.29 Å². The van der Waals surface area contributed by atoms with Gasteiger partial charge >= 0.3 is 5.97 Å². The van der Waals surface area contributed by atoms with Crippen molar-refractivity contribution in [1.82, 2.24) is 0 Å². The van der Waals surface area contributed by atoms with E-state index in [0.29, 0.717) is 0 Å². The van der Waals surface area contributed by atoms with Crippen molar-refractivity contribution < 1.29 is 14.7 Å². The summed E-state index contributed by atoms with van der Waals surface area (Å²) in [6.07, 6.45) is 6.44. The fourth-order valence-electron chi connectivity index (χ4n) is 0.221. The molecule has 3 heteroatoms. The van der Waals surface area contributed by atoms with Gasteiger partial charge in [-0.3, -0.25) is 4.79 Å². The number of carboxylic acid groups (broad SMARTS) is 1. The standard InChI is InChI=1S/C4H6O2.C4H6O/c1-2-3-4(5)6;1-2-3-4-5/h2-3H,1H3,(H,5,6);2-4H,1H3/b;3-2+. The van der Waals surface area contributed by atoms with Gasteiger partial charge in [-0.1, -0.05) is 12.2 Å². The first-order valence-corrected chi connectivity index (χ1v) is 3.11. The Bertz CT molecular complexity index is 157. The molecule has 0 aromatic carbocycles. The molecule has 0 aliphatic carbocycles. The normalized spacial score (nSPS) is 9.27. The van der Waals surface area contributed by atoms with Crippen LogP contribution < -0.4 is 0 Å². The van der Waals surface area contributed by atoms with Crippen LogP contribution in [0.15, 0.2) is 24.3 Å². The van der Waals surface area contributed by atoms with Crippen molar-refractivity contribution in [1.29, 1.82) is 0 Å². The van der Waals surface area contributed by atoms with Gasteiger partial charge in [0.15, 0.2) is 0 Å². The summed E-state index contributed by atoms with van der Waals surface area (Å²) in [5.41, 5.74) is 0. The fraction of sp³-hybridized carbons (Fsp3) is 0.250.